The lowest BCUT2D eigenvalue weighted by atomic mass is 9.85. The van der Waals surface area contributed by atoms with Gasteiger partial charge in [0.15, 0.2) is 10.9 Å². The highest BCUT2D eigenvalue weighted by atomic mass is 32.3. The molecule has 1 aliphatic rings. The average molecular weight is 511 g/mol. The number of amides is 3. The van der Waals surface area contributed by atoms with E-state index >= 15 is 0 Å². The van der Waals surface area contributed by atoms with Gasteiger partial charge in [-0.25, -0.2) is 9.78 Å². The monoisotopic (exact) mass is 510 g/mol. The van der Waals surface area contributed by atoms with Gasteiger partial charge in [0.25, 0.3) is 5.91 Å². The Balaban J connectivity index is 0.000000578. The number of hydrogen-bond acceptors (Lipinski definition) is 10. The number of nitrogens with one attached hydrogen (secondary N) is 2. The fraction of sp³-hybridized carbons (Fsp3) is 0.611. The molecule has 1 atom stereocenters. The van der Waals surface area contributed by atoms with Crippen LogP contribution in [0.3, 0.4) is 0 Å². The van der Waals surface area contributed by atoms with Crippen LogP contribution in [0.25, 0.3) is 0 Å². The van der Waals surface area contributed by atoms with Crippen molar-refractivity contribution in [3.63, 3.8) is 0 Å². The maximum absolute atomic E-state index is 11.4. The maximum Gasteiger partial charge on any atom is 0.418 e. The summed E-state index contributed by atoms with van der Waals surface area (Å²) in [6, 6.07) is -0.864. The van der Waals surface area contributed by atoms with Crippen molar-refractivity contribution < 1.29 is 41.2 Å². The highest BCUT2D eigenvalue weighted by Crippen LogP contribution is 2.32. The molecule has 0 aromatic carbocycles. The van der Waals surface area contributed by atoms with Crippen molar-refractivity contribution in [3.05, 3.63) is 11.1 Å². The Kier molecular flexibility index (Phi) is 11.1. The fourth-order valence-corrected chi connectivity index (χ4v) is 3.40. The number of carbonyl (C=O) groups excluding carboxylic acids is 4. The normalized spacial score (nSPS) is 16.7. The molecule has 0 bridgehead atoms. The summed E-state index contributed by atoms with van der Waals surface area (Å²) in [5, 5.41) is 7.12. The van der Waals surface area contributed by atoms with Gasteiger partial charge in [-0.05, 0) is 34.6 Å². The molecule has 1 unspecified atom stereocenters. The van der Waals surface area contributed by atoms with E-state index in [4.69, 9.17) is 9.29 Å². The molecule has 3 N–H and O–H groups in total. The second-order valence-electron chi connectivity index (χ2n) is 7.73. The van der Waals surface area contributed by atoms with Crippen molar-refractivity contribution in [1.29, 1.82) is 0 Å². The second-order valence-corrected chi connectivity index (χ2v) is 9.59. The van der Waals surface area contributed by atoms with Crippen molar-refractivity contribution in [2.24, 2.45) is 0 Å². The Bertz CT molecular complexity index is 952. The summed E-state index contributed by atoms with van der Waals surface area (Å²) >= 11 is 1.19. The van der Waals surface area contributed by atoms with Crippen LogP contribution in [0, 0.1) is 0 Å². The number of nitrogens with zero attached hydrogens (tertiary/aromatic N) is 2. The van der Waals surface area contributed by atoms with E-state index in [1.165, 1.54) is 32.1 Å². The number of ketones is 1. The number of hydrogen-bond donors (Lipinski definition) is 3. The maximum atomic E-state index is 11.4. The molecule has 188 valence electrons. The molecule has 2 rings (SSSR count). The van der Waals surface area contributed by atoms with Gasteiger partial charge in [-0.1, -0.05) is 13.8 Å². The molecule has 1 aromatic rings. The number of β-lactam (4-membered cyclic amide) rings is 1. The lowest BCUT2D eigenvalue weighted by Crippen LogP contribution is -2.75. The van der Waals surface area contributed by atoms with Gasteiger partial charge in [0.1, 0.15) is 17.3 Å². The van der Waals surface area contributed by atoms with Gasteiger partial charge in [0.05, 0.1) is 5.54 Å². The number of ether oxygens (including phenoxy) is 1. The lowest BCUT2D eigenvalue weighted by molar-refractivity contribution is -0.218. The van der Waals surface area contributed by atoms with Crippen LogP contribution in [0.4, 0.5) is 9.93 Å². The van der Waals surface area contributed by atoms with Crippen LogP contribution in [-0.4, -0.2) is 64.4 Å². The van der Waals surface area contributed by atoms with Crippen LogP contribution >= 0.6 is 11.3 Å². The third-order valence-corrected chi connectivity index (χ3v) is 4.65. The molecular weight excluding hydrogens is 480 g/mol. The number of hydroxylamine groups is 2. The molecule has 1 fully saturated rings. The van der Waals surface area contributed by atoms with Crippen molar-refractivity contribution in [2.45, 2.75) is 72.6 Å². The average Bonchev–Trinajstić information content (AvgIpc) is 3.12. The summed E-state index contributed by atoms with van der Waals surface area (Å²) in [5.74, 6) is -0.877. The highest BCUT2D eigenvalue weighted by molar-refractivity contribution is 7.80. The van der Waals surface area contributed by atoms with Crippen molar-refractivity contribution in [3.8, 4) is 0 Å². The van der Waals surface area contributed by atoms with Gasteiger partial charge in [-0.2, -0.15) is 13.5 Å². The summed E-state index contributed by atoms with van der Waals surface area (Å²) < 4.78 is 38.2. The summed E-state index contributed by atoms with van der Waals surface area (Å²) in [6.45, 7) is 13.7. The second kappa shape index (κ2) is 12.0. The zero-order valence-electron chi connectivity index (χ0n) is 19.7. The number of Topliss-reactive ketones (excluding diaryl/α,β-unsaturated/α-hetero) is 1. The molecule has 13 nitrogen and oxygen atoms in total. The van der Waals surface area contributed by atoms with Gasteiger partial charge in [0, 0.05) is 12.3 Å². The molecule has 1 aliphatic heterocycles. The van der Waals surface area contributed by atoms with Crippen LogP contribution in [-0.2, 0) is 29.0 Å². The van der Waals surface area contributed by atoms with E-state index in [0.29, 0.717) is 22.3 Å². The number of rotatable bonds is 6. The molecule has 0 saturated carbocycles. The molecule has 2 heterocycles. The van der Waals surface area contributed by atoms with Gasteiger partial charge >= 0.3 is 16.5 Å². The number of thiazole rings is 1. The summed E-state index contributed by atoms with van der Waals surface area (Å²) in [6.07, 6.45) is -0.244. The quantitative estimate of drug-likeness (QED) is 0.222. The van der Waals surface area contributed by atoms with Crippen molar-refractivity contribution >= 4 is 51.1 Å². The van der Waals surface area contributed by atoms with E-state index in [2.05, 4.69) is 19.9 Å². The van der Waals surface area contributed by atoms with E-state index < -0.39 is 39.6 Å². The van der Waals surface area contributed by atoms with Gasteiger partial charge in [-0.15, -0.1) is 15.6 Å². The first-order valence-electron chi connectivity index (χ1n) is 9.65. The molecule has 15 heteroatoms. The Morgan fingerprint density at radius 3 is 2.21 bits per heavy atom. The fourth-order valence-electron chi connectivity index (χ4n) is 2.21. The third kappa shape index (κ3) is 9.81. The number of anilines is 1. The van der Waals surface area contributed by atoms with E-state index in [9.17, 15) is 27.6 Å². The van der Waals surface area contributed by atoms with Crippen LogP contribution in [0.5, 0.6) is 0 Å². The molecule has 1 aromatic heterocycles. The van der Waals surface area contributed by atoms with E-state index in [1.54, 1.807) is 26.2 Å². The predicted octanol–water partition coefficient (Wildman–Crippen LogP) is 2.18. The van der Waals surface area contributed by atoms with Crippen molar-refractivity contribution in [1.82, 2.24) is 15.4 Å². The first kappa shape index (κ1) is 30.4. The first-order chi connectivity index (χ1) is 15.0. The minimum absolute atomic E-state index is 0.131. The molecule has 0 radical (unpaired) electrons. The number of carbonyl (C=O) groups is 4. The van der Waals surface area contributed by atoms with Gasteiger partial charge in [0.2, 0.25) is 6.41 Å². The van der Waals surface area contributed by atoms with Crippen LogP contribution in [0.15, 0.2) is 5.38 Å². The van der Waals surface area contributed by atoms with Gasteiger partial charge in [-0.3, -0.25) is 24.3 Å². The van der Waals surface area contributed by atoms with E-state index in [-0.39, 0.29) is 5.78 Å². The molecule has 33 heavy (non-hydrogen) atoms. The molecule has 0 aliphatic carbocycles. The highest BCUT2D eigenvalue weighted by Gasteiger charge is 2.57. The Morgan fingerprint density at radius 1 is 1.30 bits per heavy atom. The minimum Gasteiger partial charge on any atom is -0.444 e. The first-order valence-corrected chi connectivity index (χ1v) is 11.9. The Hall–Kier alpha value is -2.62. The summed E-state index contributed by atoms with van der Waals surface area (Å²) in [4.78, 5) is 47.7. The van der Waals surface area contributed by atoms with Crippen molar-refractivity contribution in [2.75, 3.05) is 5.32 Å². The van der Waals surface area contributed by atoms with Crippen LogP contribution in [0.2, 0.25) is 0 Å². The van der Waals surface area contributed by atoms with E-state index in [1.807, 2.05) is 13.8 Å². The van der Waals surface area contributed by atoms with E-state index in [0.717, 1.165) is 0 Å². The lowest BCUT2D eigenvalue weighted by Gasteiger charge is -2.50. The topological polar surface area (TPSA) is 181 Å². The zero-order chi connectivity index (χ0) is 26.2. The SMILES string of the molecule is CC.CC(=O)c1csc(NC(=O)OC(C)(C)C)n1.CC1(C)C(NC=O)C(=O)N1OS(=O)(=O)O. The van der Waals surface area contributed by atoms with Crippen LogP contribution < -0.4 is 10.6 Å². The third-order valence-electron chi connectivity index (χ3n) is 3.55. The number of aromatic nitrogens is 1. The summed E-state index contributed by atoms with van der Waals surface area (Å²) in [7, 11) is -4.74. The summed E-state index contributed by atoms with van der Waals surface area (Å²) in [5.41, 5.74) is -1.24. The van der Waals surface area contributed by atoms with Gasteiger partial charge < -0.3 is 10.1 Å². The Morgan fingerprint density at radius 2 is 1.85 bits per heavy atom. The largest absolute Gasteiger partial charge is 0.444 e. The molecule has 0 spiro atoms. The molecule has 3 amide bonds. The smallest absolute Gasteiger partial charge is 0.418 e. The predicted molar refractivity (Wildman–Crippen MR) is 120 cm³/mol. The zero-order valence-corrected chi connectivity index (χ0v) is 21.3. The Labute approximate surface area is 196 Å². The standard InChI is InChI=1S/C10H14N2O3S.C6H10N2O6S.C2H6/c1-6(13)7-5-16-8(11-7)12-9(14)15-10(2,3)4;1-6(2)4(7-3-9)5(10)8(6)14-15(11,12)13;1-2/h5H,1-4H3,(H,11,12,14);3-4H,1-2H3,(H,7,9)(H,11,12,13);1-2H3. The molecular formula is C18H30N4O9S2. The minimum atomic E-state index is -4.74. The van der Waals surface area contributed by atoms with Crippen LogP contribution in [0.1, 0.15) is 65.9 Å². The molecule has 1 saturated heterocycles.